The van der Waals surface area contributed by atoms with Crippen molar-refractivity contribution >= 4 is 11.6 Å². The zero-order valence-corrected chi connectivity index (χ0v) is 14.1. The summed E-state index contributed by atoms with van der Waals surface area (Å²) in [5.41, 5.74) is 2.29. The Labute approximate surface area is 129 Å². The van der Waals surface area contributed by atoms with Crippen molar-refractivity contribution < 1.29 is 4.79 Å². The quantitative estimate of drug-likeness (QED) is 0.725. The molecule has 0 saturated carbocycles. The van der Waals surface area contributed by atoms with Gasteiger partial charge >= 0.3 is 0 Å². The maximum absolute atomic E-state index is 11.8. The van der Waals surface area contributed by atoms with Gasteiger partial charge in [-0.1, -0.05) is 53.2 Å². The van der Waals surface area contributed by atoms with Crippen molar-refractivity contribution in [1.29, 1.82) is 0 Å². The predicted octanol–water partition coefficient (Wildman–Crippen LogP) is 4.51. The molecule has 118 valence electrons. The summed E-state index contributed by atoms with van der Waals surface area (Å²) in [5.74, 6) is 0.0973. The summed E-state index contributed by atoms with van der Waals surface area (Å²) in [4.78, 5) is 11.8. The van der Waals surface area contributed by atoms with Gasteiger partial charge in [0.2, 0.25) is 5.91 Å². The Morgan fingerprint density at radius 2 is 1.76 bits per heavy atom. The van der Waals surface area contributed by atoms with E-state index in [1.54, 1.807) is 0 Å². The van der Waals surface area contributed by atoms with Crippen molar-refractivity contribution in [2.24, 2.45) is 5.41 Å². The summed E-state index contributed by atoms with van der Waals surface area (Å²) >= 11 is 0. The number of amides is 1. The highest BCUT2D eigenvalue weighted by Crippen LogP contribution is 2.33. The smallest absolute Gasteiger partial charge is 0.220 e. The molecule has 3 nitrogen and oxygen atoms in total. The van der Waals surface area contributed by atoms with Gasteiger partial charge in [0.05, 0.1) is 6.04 Å². The summed E-state index contributed by atoms with van der Waals surface area (Å²) in [5, 5.41) is 6.55. The molecule has 0 fully saturated rings. The van der Waals surface area contributed by atoms with E-state index in [2.05, 4.69) is 62.6 Å². The van der Waals surface area contributed by atoms with Crippen LogP contribution in [0.15, 0.2) is 24.3 Å². The molecule has 1 unspecified atom stereocenters. The molecule has 1 rings (SSSR count). The van der Waals surface area contributed by atoms with Crippen LogP contribution in [-0.2, 0) is 4.79 Å². The molecule has 0 bridgehead atoms. The lowest BCUT2D eigenvalue weighted by atomic mass is 9.82. The molecular formula is C18H30N2O. The van der Waals surface area contributed by atoms with Gasteiger partial charge in [-0.05, 0) is 29.5 Å². The third kappa shape index (κ3) is 5.78. The fourth-order valence-electron chi connectivity index (χ4n) is 2.27. The van der Waals surface area contributed by atoms with E-state index in [-0.39, 0.29) is 17.4 Å². The standard InChI is InChI=1S/C18H30N2O/c1-6-8-13-19-15-11-9-14(10-12-15)17(18(3,4)5)20-16(21)7-2/h9-12,17,19H,6-8,13H2,1-5H3,(H,20,21). The first-order valence-electron chi connectivity index (χ1n) is 8.01. The van der Waals surface area contributed by atoms with E-state index in [0.29, 0.717) is 6.42 Å². The van der Waals surface area contributed by atoms with Crippen molar-refractivity contribution in [3.63, 3.8) is 0 Å². The van der Waals surface area contributed by atoms with Gasteiger partial charge in [0, 0.05) is 18.7 Å². The lowest BCUT2D eigenvalue weighted by Gasteiger charge is -2.32. The Kier molecular flexibility index (Phi) is 6.73. The van der Waals surface area contributed by atoms with Gasteiger partial charge in [-0.25, -0.2) is 0 Å². The molecule has 0 saturated heterocycles. The molecule has 0 aromatic heterocycles. The molecule has 1 amide bonds. The Hall–Kier alpha value is -1.51. The van der Waals surface area contributed by atoms with Gasteiger partial charge in [0.1, 0.15) is 0 Å². The number of carbonyl (C=O) groups excluding carboxylic acids is 1. The minimum Gasteiger partial charge on any atom is -0.385 e. The van der Waals surface area contributed by atoms with Crippen molar-refractivity contribution in [2.75, 3.05) is 11.9 Å². The first kappa shape index (κ1) is 17.5. The normalized spacial score (nSPS) is 12.8. The maximum atomic E-state index is 11.8. The number of benzene rings is 1. The van der Waals surface area contributed by atoms with E-state index in [1.165, 1.54) is 12.8 Å². The van der Waals surface area contributed by atoms with Gasteiger partial charge in [-0.3, -0.25) is 4.79 Å². The second kappa shape index (κ2) is 8.06. The predicted molar refractivity (Wildman–Crippen MR) is 90.5 cm³/mol. The summed E-state index contributed by atoms with van der Waals surface area (Å²) in [6, 6.07) is 8.46. The minimum atomic E-state index is -0.0119. The number of hydrogen-bond donors (Lipinski definition) is 2. The largest absolute Gasteiger partial charge is 0.385 e. The van der Waals surface area contributed by atoms with E-state index in [4.69, 9.17) is 0 Å². The van der Waals surface area contributed by atoms with E-state index in [0.717, 1.165) is 17.8 Å². The third-order valence-electron chi connectivity index (χ3n) is 3.60. The molecule has 1 atom stereocenters. The molecule has 3 heteroatoms. The first-order valence-corrected chi connectivity index (χ1v) is 8.01. The van der Waals surface area contributed by atoms with Gasteiger partial charge in [0.25, 0.3) is 0 Å². The zero-order chi connectivity index (χ0) is 15.9. The highest BCUT2D eigenvalue weighted by Gasteiger charge is 2.27. The Morgan fingerprint density at radius 1 is 1.14 bits per heavy atom. The van der Waals surface area contributed by atoms with Crippen LogP contribution < -0.4 is 10.6 Å². The molecule has 0 aliphatic carbocycles. The first-order chi connectivity index (χ1) is 9.88. The molecule has 1 aromatic carbocycles. The zero-order valence-electron chi connectivity index (χ0n) is 14.1. The van der Waals surface area contributed by atoms with Crippen LogP contribution in [0.4, 0.5) is 5.69 Å². The molecule has 0 aliphatic rings. The van der Waals surface area contributed by atoms with Crippen LogP contribution in [0.3, 0.4) is 0 Å². The number of nitrogens with one attached hydrogen (secondary N) is 2. The van der Waals surface area contributed by atoms with Crippen molar-refractivity contribution in [3.8, 4) is 0 Å². The summed E-state index contributed by atoms with van der Waals surface area (Å²) < 4.78 is 0. The Bertz CT molecular complexity index is 432. The van der Waals surface area contributed by atoms with Gasteiger partial charge in [-0.15, -0.1) is 0 Å². The van der Waals surface area contributed by atoms with Crippen molar-refractivity contribution in [3.05, 3.63) is 29.8 Å². The molecule has 0 radical (unpaired) electrons. The van der Waals surface area contributed by atoms with E-state index in [9.17, 15) is 4.79 Å². The third-order valence-corrected chi connectivity index (χ3v) is 3.60. The van der Waals surface area contributed by atoms with Crippen LogP contribution in [0.1, 0.15) is 65.5 Å². The monoisotopic (exact) mass is 290 g/mol. The number of rotatable bonds is 7. The van der Waals surface area contributed by atoms with Gasteiger partial charge < -0.3 is 10.6 Å². The van der Waals surface area contributed by atoms with E-state index >= 15 is 0 Å². The van der Waals surface area contributed by atoms with Crippen LogP contribution in [-0.4, -0.2) is 12.5 Å². The molecule has 0 aliphatic heterocycles. The lowest BCUT2D eigenvalue weighted by Crippen LogP contribution is -2.36. The van der Waals surface area contributed by atoms with Crippen LogP contribution in [0, 0.1) is 5.41 Å². The van der Waals surface area contributed by atoms with Crippen LogP contribution in [0.5, 0.6) is 0 Å². The summed E-state index contributed by atoms with van der Waals surface area (Å²) in [7, 11) is 0. The van der Waals surface area contributed by atoms with E-state index in [1.807, 2.05) is 6.92 Å². The Balaban J connectivity index is 2.81. The fourth-order valence-corrected chi connectivity index (χ4v) is 2.27. The van der Waals surface area contributed by atoms with Crippen molar-refractivity contribution in [1.82, 2.24) is 5.32 Å². The number of anilines is 1. The van der Waals surface area contributed by atoms with Gasteiger partial charge in [-0.2, -0.15) is 0 Å². The topological polar surface area (TPSA) is 41.1 Å². The average molecular weight is 290 g/mol. The number of unbranched alkanes of at least 4 members (excludes halogenated alkanes) is 1. The SMILES string of the molecule is CCCCNc1ccc(C(NC(=O)CC)C(C)(C)C)cc1. The second-order valence-electron chi connectivity index (χ2n) is 6.62. The van der Waals surface area contributed by atoms with Crippen molar-refractivity contribution in [2.45, 2.75) is 59.9 Å². The molecule has 0 heterocycles. The van der Waals surface area contributed by atoms with Crippen LogP contribution >= 0.6 is 0 Å². The molecule has 0 spiro atoms. The molecular weight excluding hydrogens is 260 g/mol. The average Bonchev–Trinajstić information content (AvgIpc) is 2.44. The number of hydrogen-bond acceptors (Lipinski definition) is 2. The molecule has 21 heavy (non-hydrogen) atoms. The highest BCUT2D eigenvalue weighted by atomic mass is 16.1. The Morgan fingerprint density at radius 3 is 2.24 bits per heavy atom. The minimum absolute atomic E-state index is 0.0119. The van der Waals surface area contributed by atoms with Crippen LogP contribution in [0.2, 0.25) is 0 Å². The fraction of sp³-hybridized carbons (Fsp3) is 0.611. The number of carbonyl (C=O) groups is 1. The maximum Gasteiger partial charge on any atom is 0.220 e. The van der Waals surface area contributed by atoms with Crippen LogP contribution in [0.25, 0.3) is 0 Å². The van der Waals surface area contributed by atoms with Gasteiger partial charge in [0.15, 0.2) is 0 Å². The summed E-state index contributed by atoms with van der Waals surface area (Å²) in [6.45, 7) is 11.5. The lowest BCUT2D eigenvalue weighted by molar-refractivity contribution is -0.122. The van der Waals surface area contributed by atoms with E-state index < -0.39 is 0 Å². The highest BCUT2D eigenvalue weighted by molar-refractivity contribution is 5.76. The molecule has 2 N–H and O–H groups in total. The summed E-state index contributed by atoms with van der Waals surface area (Å²) in [6.07, 6.45) is 2.89. The molecule has 1 aromatic rings. The second-order valence-corrected chi connectivity index (χ2v) is 6.62.